The van der Waals surface area contributed by atoms with E-state index in [1.54, 1.807) is 25.2 Å². The summed E-state index contributed by atoms with van der Waals surface area (Å²) in [6, 6.07) is 15.9. The second kappa shape index (κ2) is 8.79. The predicted octanol–water partition coefficient (Wildman–Crippen LogP) is 1.84. The fourth-order valence-corrected chi connectivity index (χ4v) is 4.46. The van der Waals surface area contributed by atoms with Crippen molar-refractivity contribution in [2.75, 3.05) is 24.3 Å². The van der Waals surface area contributed by atoms with Gasteiger partial charge in [-0.25, -0.2) is 0 Å². The molecule has 0 aliphatic carbocycles. The molecular weight excluding hydrogens is 416 g/mol. The summed E-state index contributed by atoms with van der Waals surface area (Å²) >= 11 is 1.24. The minimum Gasteiger partial charge on any atom is -0.482 e. The Balaban J connectivity index is 1.44. The molecular formula is C22H20N4O4S. The number of nitriles is 1. The van der Waals surface area contributed by atoms with Gasteiger partial charge >= 0.3 is 0 Å². The van der Waals surface area contributed by atoms with Gasteiger partial charge in [0.1, 0.15) is 17.2 Å². The zero-order chi connectivity index (χ0) is 22.0. The standard InChI is InChI=1S/C22H20N4O4S/c1-26-16-9-14(7-8-18(16)30-11-19(26)28)17(27)12-31-22-24-20(13-5-3-2-4-6-13)15(10-23)21(29)25-22/h2-9,15,20,22,24H,11-12H2,1H3,(H,25,29). The molecule has 2 aliphatic heterocycles. The lowest BCUT2D eigenvalue weighted by molar-refractivity contribution is -0.126. The van der Waals surface area contributed by atoms with Crippen molar-refractivity contribution in [1.82, 2.24) is 10.6 Å². The van der Waals surface area contributed by atoms with E-state index in [-0.39, 0.29) is 30.0 Å². The average Bonchev–Trinajstić information content (AvgIpc) is 2.80. The minimum absolute atomic E-state index is 0.0219. The van der Waals surface area contributed by atoms with Crippen LogP contribution in [0.25, 0.3) is 0 Å². The maximum absolute atomic E-state index is 12.8. The van der Waals surface area contributed by atoms with E-state index in [0.717, 1.165) is 5.56 Å². The summed E-state index contributed by atoms with van der Waals surface area (Å²) in [4.78, 5) is 38.5. The van der Waals surface area contributed by atoms with Gasteiger partial charge in [0.2, 0.25) is 5.91 Å². The normalized spacial score (nSPS) is 22.7. The quantitative estimate of drug-likeness (QED) is 0.688. The Kier molecular flexibility index (Phi) is 5.93. The zero-order valence-corrected chi connectivity index (χ0v) is 17.5. The smallest absolute Gasteiger partial charge is 0.264 e. The molecule has 2 aromatic rings. The third-order valence-corrected chi connectivity index (χ3v) is 6.28. The number of fused-ring (bicyclic) bond motifs is 1. The van der Waals surface area contributed by atoms with Crippen LogP contribution < -0.4 is 20.3 Å². The molecule has 2 aromatic carbocycles. The molecule has 3 unspecified atom stereocenters. The molecule has 2 amide bonds. The van der Waals surface area contributed by atoms with Crippen LogP contribution in [0.3, 0.4) is 0 Å². The Morgan fingerprint density at radius 3 is 2.77 bits per heavy atom. The molecule has 4 rings (SSSR count). The van der Waals surface area contributed by atoms with Gasteiger partial charge in [-0.15, -0.1) is 11.8 Å². The molecule has 1 fully saturated rings. The average molecular weight is 436 g/mol. The van der Waals surface area contributed by atoms with Crippen molar-refractivity contribution in [3.8, 4) is 11.8 Å². The number of carbonyl (C=O) groups is 3. The molecule has 0 saturated carbocycles. The van der Waals surface area contributed by atoms with Crippen LogP contribution in [0.2, 0.25) is 0 Å². The number of ketones is 1. The number of nitrogens with one attached hydrogen (secondary N) is 2. The number of hydrogen-bond donors (Lipinski definition) is 2. The van der Waals surface area contributed by atoms with E-state index in [1.165, 1.54) is 16.7 Å². The van der Waals surface area contributed by atoms with Crippen LogP contribution in [-0.2, 0) is 9.59 Å². The summed E-state index contributed by atoms with van der Waals surface area (Å²) in [7, 11) is 1.64. The molecule has 9 heteroatoms. The highest BCUT2D eigenvalue weighted by Gasteiger charge is 2.37. The van der Waals surface area contributed by atoms with Crippen LogP contribution in [0.5, 0.6) is 5.75 Å². The molecule has 2 aliphatic rings. The van der Waals surface area contributed by atoms with Gasteiger partial charge in [-0.05, 0) is 23.8 Å². The maximum atomic E-state index is 12.8. The number of anilines is 1. The van der Waals surface area contributed by atoms with Crippen molar-refractivity contribution < 1.29 is 19.1 Å². The highest BCUT2D eigenvalue weighted by molar-refractivity contribution is 8.00. The summed E-state index contributed by atoms with van der Waals surface area (Å²) < 4.78 is 5.39. The third kappa shape index (κ3) is 4.26. The van der Waals surface area contributed by atoms with E-state index in [0.29, 0.717) is 17.0 Å². The number of carbonyl (C=O) groups excluding carboxylic acids is 3. The lowest BCUT2D eigenvalue weighted by Gasteiger charge is -2.34. The van der Waals surface area contributed by atoms with Crippen LogP contribution in [0.1, 0.15) is 22.0 Å². The maximum Gasteiger partial charge on any atom is 0.264 e. The monoisotopic (exact) mass is 436 g/mol. The van der Waals surface area contributed by atoms with Gasteiger partial charge in [0.25, 0.3) is 5.91 Å². The fourth-order valence-electron chi connectivity index (χ4n) is 3.53. The summed E-state index contributed by atoms with van der Waals surface area (Å²) in [6.07, 6.45) is 0. The van der Waals surface area contributed by atoms with Gasteiger partial charge in [-0.1, -0.05) is 30.3 Å². The third-order valence-electron chi connectivity index (χ3n) is 5.27. The molecule has 2 heterocycles. The van der Waals surface area contributed by atoms with Crippen LogP contribution in [0.15, 0.2) is 48.5 Å². The first kappa shape index (κ1) is 20.9. The van der Waals surface area contributed by atoms with Gasteiger partial charge in [0.05, 0.1) is 23.6 Å². The highest BCUT2D eigenvalue weighted by atomic mass is 32.2. The number of nitrogens with zero attached hydrogens (tertiary/aromatic N) is 2. The predicted molar refractivity (Wildman–Crippen MR) is 115 cm³/mol. The minimum atomic E-state index is -0.858. The zero-order valence-electron chi connectivity index (χ0n) is 16.7. The van der Waals surface area contributed by atoms with Crippen LogP contribution >= 0.6 is 11.8 Å². The summed E-state index contributed by atoms with van der Waals surface area (Å²) in [5, 5.41) is 15.4. The number of Topliss-reactive ketones (excluding diaryl/α,β-unsaturated/α-hetero) is 1. The van der Waals surface area contributed by atoms with Gasteiger partial charge in [0.15, 0.2) is 12.4 Å². The molecule has 3 atom stereocenters. The lowest BCUT2D eigenvalue weighted by Crippen LogP contribution is -2.55. The van der Waals surface area contributed by atoms with Crippen molar-refractivity contribution >= 4 is 35.0 Å². The second-order valence-corrected chi connectivity index (χ2v) is 8.30. The summed E-state index contributed by atoms with van der Waals surface area (Å²) in [6.45, 7) is -0.0219. The molecule has 0 spiro atoms. The van der Waals surface area contributed by atoms with Crippen LogP contribution in [0, 0.1) is 17.2 Å². The number of thioether (sulfide) groups is 1. The van der Waals surface area contributed by atoms with E-state index in [9.17, 15) is 19.6 Å². The molecule has 0 radical (unpaired) electrons. The largest absolute Gasteiger partial charge is 0.482 e. The first-order chi connectivity index (χ1) is 15.0. The molecule has 1 saturated heterocycles. The van der Waals surface area contributed by atoms with E-state index >= 15 is 0 Å². The highest BCUT2D eigenvalue weighted by Crippen LogP contribution is 2.33. The van der Waals surface area contributed by atoms with Crippen molar-refractivity contribution in [2.45, 2.75) is 11.5 Å². The lowest BCUT2D eigenvalue weighted by atomic mass is 9.92. The Hall–Kier alpha value is -3.35. The van der Waals surface area contributed by atoms with E-state index in [1.807, 2.05) is 30.3 Å². The topological polar surface area (TPSA) is 112 Å². The first-order valence-electron chi connectivity index (χ1n) is 9.67. The number of amides is 2. The SMILES string of the molecule is CN1C(=O)COc2ccc(C(=O)CSC3NC(=O)C(C#N)C(c4ccccc4)N3)cc21. The van der Waals surface area contributed by atoms with Gasteiger partial charge in [-0.2, -0.15) is 5.26 Å². The van der Waals surface area contributed by atoms with Crippen LogP contribution in [-0.4, -0.2) is 42.5 Å². The molecule has 158 valence electrons. The van der Waals surface area contributed by atoms with Crippen LogP contribution in [0.4, 0.5) is 5.69 Å². The summed E-state index contributed by atoms with van der Waals surface area (Å²) in [5.41, 5.74) is 1.32. The summed E-state index contributed by atoms with van der Waals surface area (Å²) in [5.74, 6) is -0.891. The second-order valence-electron chi connectivity index (χ2n) is 7.21. The Morgan fingerprint density at radius 1 is 1.26 bits per heavy atom. The number of ether oxygens (including phenoxy) is 1. The van der Waals surface area contributed by atoms with Crippen molar-refractivity contribution in [2.24, 2.45) is 5.92 Å². The Labute approximate surface area is 183 Å². The number of rotatable bonds is 5. The van der Waals surface area contributed by atoms with Crippen molar-refractivity contribution in [3.05, 3.63) is 59.7 Å². The number of likely N-dealkylation sites (N-methyl/N-ethyl adjacent to an activating group) is 1. The molecule has 31 heavy (non-hydrogen) atoms. The van der Waals surface area contributed by atoms with Crippen molar-refractivity contribution in [1.29, 1.82) is 5.26 Å². The van der Waals surface area contributed by atoms with Crippen molar-refractivity contribution in [3.63, 3.8) is 0 Å². The van der Waals surface area contributed by atoms with E-state index < -0.39 is 17.5 Å². The van der Waals surface area contributed by atoms with Gasteiger partial charge < -0.3 is 15.0 Å². The fraction of sp³-hybridized carbons (Fsp3) is 0.273. The Morgan fingerprint density at radius 2 is 2.03 bits per heavy atom. The van der Waals surface area contributed by atoms with Gasteiger partial charge in [-0.3, -0.25) is 19.7 Å². The first-order valence-corrected chi connectivity index (χ1v) is 10.7. The molecule has 0 aromatic heterocycles. The molecule has 2 N–H and O–H groups in total. The number of hydrogen-bond acceptors (Lipinski definition) is 7. The van der Waals surface area contributed by atoms with E-state index in [2.05, 4.69) is 16.7 Å². The van der Waals surface area contributed by atoms with E-state index in [4.69, 9.17) is 4.74 Å². The molecule has 0 bridgehead atoms. The van der Waals surface area contributed by atoms with Gasteiger partial charge in [0, 0.05) is 12.6 Å². The number of benzene rings is 2. The molecule has 8 nitrogen and oxygen atoms in total. The Bertz CT molecular complexity index is 1070.